The predicted octanol–water partition coefficient (Wildman–Crippen LogP) is 2.28. The lowest BCUT2D eigenvalue weighted by Gasteiger charge is -2.37. The SMILES string of the molecule is CCNC(C)c1ccc(N(C)C2CCCN(C)C2)cn1. The highest BCUT2D eigenvalue weighted by Crippen LogP contribution is 2.21. The van der Waals surface area contributed by atoms with E-state index in [2.05, 4.69) is 60.2 Å². The van der Waals surface area contributed by atoms with Gasteiger partial charge in [0.15, 0.2) is 0 Å². The molecule has 0 radical (unpaired) electrons. The summed E-state index contributed by atoms with van der Waals surface area (Å²) in [5.74, 6) is 0. The Hall–Kier alpha value is -1.13. The van der Waals surface area contributed by atoms with Gasteiger partial charge in [-0.3, -0.25) is 4.98 Å². The second-order valence-corrected chi connectivity index (χ2v) is 5.89. The summed E-state index contributed by atoms with van der Waals surface area (Å²) < 4.78 is 0. The van der Waals surface area contributed by atoms with Crippen LogP contribution >= 0.6 is 0 Å². The first-order valence-corrected chi connectivity index (χ1v) is 7.72. The summed E-state index contributed by atoms with van der Waals surface area (Å²) in [6.07, 6.45) is 4.57. The first-order valence-electron chi connectivity index (χ1n) is 7.72. The summed E-state index contributed by atoms with van der Waals surface area (Å²) in [6.45, 7) is 7.62. The van der Waals surface area contributed by atoms with E-state index in [0.717, 1.165) is 18.8 Å². The van der Waals surface area contributed by atoms with Crippen molar-refractivity contribution in [1.29, 1.82) is 0 Å². The van der Waals surface area contributed by atoms with Gasteiger partial charge in [-0.05, 0) is 52.0 Å². The molecule has 1 fully saturated rings. The van der Waals surface area contributed by atoms with Crippen molar-refractivity contribution in [3.8, 4) is 0 Å². The normalized spacial score (nSPS) is 21.7. The Morgan fingerprint density at radius 2 is 2.30 bits per heavy atom. The minimum atomic E-state index is 0.320. The van der Waals surface area contributed by atoms with E-state index in [4.69, 9.17) is 0 Å². The van der Waals surface area contributed by atoms with Crippen LogP contribution in [0.4, 0.5) is 5.69 Å². The third-order valence-corrected chi connectivity index (χ3v) is 4.28. The minimum absolute atomic E-state index is 0.320. The Bertz CT molecular complexity index is 403. The molecule has 2 rings (SSSR count). The molecule has 2 unspecified atom stereocenters. The van der Waals surface area contributed by atoms with Gasteiger partial charge < -0.3 is 15.1 Å². The van der Waals surface area contributed by atoms with Crippen molar-refractivity contribution < 1.29 is 0 Å². The highest BCUT2D eigenvalue weighted by Gasteiger charge is 2.21. The molecule has 0 amide bonds. The van der Waals surface area contributed by atoms with Crippen LogP contribution < -0.4 is 10.2 Å². The summed E-state index contributed by atoms with van der Waals surface area (Å²) >= 11 is 0. The summed E-state index contributed by atoms with van der Waals surface area (Å²) in [5.41, 5.74) is 2.34. The molecular weight excluding hydrogens is 248 g/mol. The van der Waals surface area contributed by atoms with Crippen LogP contribution in [-0.2, 0) is 0 Å². The Balaban J connectivity index is 2.01. The number of nitrogens with one attached hydrogen (secondary N) is 1. The van der Waals surface area contributed by atoms with Gasteiger partial charge in [-0.25, -0.2) is 0 Å². The van der Waals surface area contributed by atoms with Gasteiger partial charge in [0.1, 0.15) is 0 Å². The lowest BCUT2D eigenvalue weighted by Crippen LogP contribution is -2.45. The smallest absolute Gasteiger partial charge is 0.0572 e. The van der Waals surface area contributed by atoms with Crippen molar-refractivity contribution in [2.75, 3.05) is 38.6 Å². The Morgan fingerprint density at radius 1 is 1.50 bits per heavy atom. The molecule has 1 saturated heterocycles. The molecule has 0 aromatic carbocycles. The molecule has 1 aromatic heterocycles. The van der Waals surface area contributed by atoms with E-state index in [1.807, 2.05) is 6.20 Å². The van der Waals surface area contributed by atoms with Crippen LogP contribution in [0.25, 0.3) is 0 Å². The number of anilines is 1. The van der Waals surface area contributed by atoms with Gasteiger partial charge in [0.25, 0.3) is 0 Å². The Labute approximate surface area is 123 Å². The van der Waals surface area contributed by atoms with Gasteiger partial charge in [-0.15, -0.1) is 0 Å². The van der Waals surface area contributed by atoms with Gasteiger partial charge in [0, 0.05) is 25.7 Å². The second kappa shape index (κ2) is 7.04. The molecule has 1 aliphatic rings. The van der Waals surface area contributed by atoms with Crippen LogP contribution in [0.5, 0.6) is 0 Å². The summed E-state index contributed by atoms with van der Waals surface area (Å²) in [6, 6.07) is 5.27. The number of pyridine rings is 1. The van der Waals surface area contributed by atoms with Crippen LogP contribution in [-0.4, -0.2) is 49.7 Å². The van der Waals surface area contributed by atoms with Crippen molar-refractivity contribution >= 4 is 5.69 Å². The first-order chi connectivity index (χ1) is 9.61. The number of piperidine rings is 1. The van der Waals surface area contributed by atoms with Crippen molar-refractivity contribution in [3.63, 3.8) is 0 Å². The first kappa shape index (κ1) is 15.3. The molecule has 0 bridgehead atoms. The molecule has 2 atom stereocenters. The fourth-order valence-electron chi connectivity index (χ4n) is 2.94. The van der Waals surface area contributed by atoms with Gasteiger partial charge in [0.05, 0.1) is 17.6 Å². The van der Waals surface area contributed by atoms with Crippen molar-refractivity contribution in [2.45, 2.75) is 38.8 Å². The summed E-state index contributed by atoms with van der Waals surface area (Å²) in [4.78, 5) is 9.41. The van der Waals surface area contributed by atoms with Gasteiger partial charge in [-0.1, -0.05) is 6.92 Å². The predicted molar refractivity (Wildman–Crippen MR) is 85.3 cm³/mol. The third kappa shape index (κ3) is 3.70. The van der Waals surface area contributed by atoms with E-state index in [1.165, 1.54) is 25.1 Å². The lowest BCUT2D eigenvalue weighted by atomic mass is 10.0. The van der Waals surface area contributed by atoms with Crippen molar-refractivity contribution in [1.82, 2.24) is 15.2 Å². The summed E-state index contributed by atoms with van der Waals surface area (Å²) in [7, 11) is 4.40. The topological polar surface area (TPSA) is 31.4 Å². The molecule has 0 saturated carbocycles. The molecule has 1 aliphatic heterocycles. The molecule has 2 heterocycles. The van der Waals surface area contributed by atoms with Crippen LogP contribution in [0.2, 0.25) is 0 Å². The second-order valence-electron chi connectivity index (χ2n) is 5.89. The number of aromatic nitrogens is 1. The number of rotatable bonds is 5. The van der Waals surface area contributed by atoms with E-state index in [0.29, 0.717) is 12.1 Å². The molecule has 112 valence electrons. The molecule has 0 spiro atoms. The van der Waals surface area contributed by atoms with E-state index >= 15 is 0 Å². The monoisotopic (exact) mass is 276 g/mol. The standard InChI is InChI=1S/C16H28N4/c1-5-17-13(2)16-9-8-14(11-18-16)20(4)15-7-6-10-19(3)12-15/h8-9,11,13,15,17H,5-7,10,12H2,1-4H3. The molecule has 1 N–H and O–H groups in total. The number of likely N-dealkylation sites (N-methyl/N-ethyl adjacent to an activating group) is 2. The van der Waals surface area contributed by atoms with E-state index < -0.39 is 0 Å². The third-order valence-electron chi connectivity index (χ3n) is 4.28. The highest BCUT2D eigenvalue weighted by atomic mass is 15.2. The average Bonchev–Trinajstić information content (AvgIpc) is 2.47. The lowest BCUT2D eigenvalue weighted by molar-refractivity contribution is 0.248. The van der Waals surface area contributed by atoms with Gasteiger partial charge in [0.2, 0.25) is 0 Å². The largest absolute Gasteiger partial charge is 0.369 e. The molecule has 0 aliphatic carbocycles. The Morgan fingerprint density at radius 3 is 2.90 bits per heavy atom. The van der Waals surface area contributed by atoms with E-state index in [9.17, 15) is 0 Å². The Kier molecular flexibility index (Phi) is 5.38. The highest BCUT2D eigenvalue weighted by molar-refractivity contribution is 5.45. The average molecular weight is 276 g/mol. The maximum Gasteiger partial charge on any atom is 0.0572 e. The zero-order valence-corrected chi connectivity index (χ0v) is 13.3. The molecular formula is C16H28N4. The zero-order chi connectivity index (χ0) is 14.5. The number of hydrogen-bond acceptors (Lipinski definition) is 4. The number of hydrogen-bond donors (Lipinski definition) is 1. The zero-order valence-electron chi connectivity index (χ0n) is 13.3. The van der Waals surface area contributed by atoms with Crippen LogP contribution in [0.3, 0.4) is 0 Å². The fraction of sp³-hybridized carbons (Fsp3) is 0.688. The molecule has 4 nitrogen and oxygen atoms in total. The molecule has 20 heavy (non-hydrogen) atoms. The van der Waals surface area contributed by atoms with Gasteiger partial charge >= 0.3 is 0 Å². The van der Waals surface area contributed by atoms with Crippen molar-refractivity contribution in [2.24, 2.45) is 0 Å². The maximum absolute atomic E-state index is 4.61. The molecule has 1 aromatic rings. The van der Waals surface area contributed by atoms with Crippen LogP contribution in [0.15, 0.2) is 18.3 Å². The maximum atomic E-state index is 4.61. The fourth-order valence-corrected chi connectivity index (χ4v) is 2.94. The van der Waals surface area contributed by atoms with E-state index in [1.54, 1.807) is 0 Å². The quantitative estimate of drug-likeness (QED) is 0.894. The van der Waals surface area contributed by atoms with E-state index in [-0.39, 0.29) is 0 Å². The van der Waals surface area contributed by atoms with Crippen LogP contribution in [0, 0.1) is 0 Å². The summed E-state index contributed by atoms with van der Waals surface area (Å²) in [5, 5.41) is 3.40. The van der Waals surface area contributed by atoms with Gasteiger partial charge in [-0.2, -0.15) is 0 Å². The number of likely N-dealkylation sites (tertiary alicyclic amines) is 1. The van der Waals surface area contributed by atoms with Crippen LogP contribution in [0.1, 0.15) is 38.4 Å². The minimum Gasteiger partial charge on any atom is -0.369 e. The van der Waals surface area contributed by atoms with Crippen molar-refractivity contribution in [3.05, 3.63) is 24.0 Å². The number of nitrogens with zero attached hydrogens (tertiary/aromatic N) is 3. The molecule has 4 heteroatoms.